The number of hydrogen-bond donors (Lipinski definition) is 2. The molecule has 2 N–H and O–H groups in total. The van der Waals surface area contributed by atoms with Crippen LogP contribution in [-0.2, 0) is 9.59 Å². The van der Waals surface area contributed by atoms with Crippen LogP contribution in [0.2, 0.25) is 0 Å². The van der Waals surface area contributed by atoms with Gasteiger partial charge < -0.3 is 72.9 Å². The van der Waals surface area contributed by atoms with Gasteiger partial charge in [-0.25, -0.2) is 0 Å². The van der Waals surface area contributed by atoms with E-state index in [-0.39, 0.29) is 69.6 Å². The highest BCUT2D eigenvalue weighted by Gasteiger charge is 2.33. The summed E-state index contributed by atoms with van der Waals surface area (Å²) in [5.74, 6) is -1.52. The number of carboxylic acids is 2. The summed E-state index contributed by atoms with van der Waals surface area (Å²) < 4.78 is 1.11. The smallest absolute Gasteiger partial charge is 0.216 e. The largest absolute Gasteiger partial charge is 1.00 e. The van der Waals surface area contributed by atoms with Crippen LogP contribution in [0.3, 0.4) is 0 Å². The zero-order valence-electron chi connectivity index (χ0n) is 27.1. The normalized spacial score (nSPS) is 21.5. The zero-order valence-corrected chi connectivity index (χ0v) is 30.3. The average molecular weight is 753 g/mol. The second-order valence-electron chi connectivity index (χ2n) is 13.2. The summed E-state index contributed by atoms with van der Waals surface area (Å²) >= 11 is 0. The van der Waals surface area contributed by atoms with Crippen LogP contribution in [0.1, 0.15) is 85.9 Å². The van der Waals surface area contributed by atoms with Gasteiger partial charge in [0, 0.05) is 34.9 Å². The molecule has 12 heteroatoms. The number of aliphatic hydroxyl groups excluding tert-OH is 2. The highest BCUT2D eigenvalue weighted by Crippen LogP contribution is 2.27. The molecule has 3 rings (SSSR count). The molecule has 254 valence electrons. The van der Waals surface area contributed by atoms with Crippen LogP contribution in [0.5, 0.6) is 0 Å². The van der Waals surface area contributed by atoms with E-state index in [1.54, 1.807) is 24.3 Å². The molecule has 0 heterocycles. The molecule has 0 amide bonds. The van der Waals surface area contributed by atoms with Crippen molar-refractivity contribution in [2.75, 3.05) is 54.4 Å². The molecule has 0 aromatic heterocycles. The maximum atomic E-state index is 13.0. The summed E-state index contributed by atoms with van der Waals surface area (Å²) in [4.78, 5) is 43.7. The van der Waals surface area contributed by atoms with E-state index in [0.29, 0.717) is 33.2 Å². The Balaban J connectivity index is 0. The molecule has 4 unspecified atom stereocenters. The molecule has 0 aliphatic heterocycles. The van der Waals surface area contributed by atoms with Gasteiger partial charge in [0.2, 0.25) is 11.6 Å². The Labute approximate surface area is 284 Å². The summed E-state index contributed by atoms with van der Waals surface area (Å²) in [5.41, 5.74) is 1.26. The van der Waals surface area contributed by atoms with Gasteiger partial charge in [-0.2, -0.15) is 0 Å². The topological polar surface area (TPSA) is 155 Å². The minimum absolute atomic E-state index is 0. The lowest BCUT2D eigenvalue weighted by atomic mass is 9.85. The van der Waals surface area contributed by atoms with Crippen LogP contribution < -0.4 is 44.2 Å². The Bertz CT molecular complexity index is 945. The number of quaternary nitrogens is 2. The summed E-state index contributed by atoms with van der Waals surface area (Å²) in [7, 11) is 8.22. The average Bonchev–Trinajstić information content (AvgIpc) is 2.85. The molecule has 0 spiro atoms. The quantitative estimate of drug-likeness (QED) is 0.178. The number of hydrogen-bond acceptors (Lipinski definition) is 8. The number of Topliss-reactive ketones (excluding diaryl/α,β-unsaturated/α-hetero) is 2. The van der Waals surface area contributed by atoms with Gasteiger partial charge in [-0.3, -0.25) is 9.59 Å². The first-order valence-electron chi connectivity index (χ1n) is 14.9. The first-order chi connectivity index (χ1) is 19.4. The lowest BCUT2D eigenvalue weighted by Gasteiger charge is -2.36. The predicted octanol–water partition coefficient (Wildman–Crippen LogP) is -5.17. The second kappa shape index (κ2) is 21.2. The maximum Gasteiger partial charge on any atom is 0.216 e. The zero-order chi connectivity index (χ0) is 32.1. The Kier molecular flexibility index (Phi) is 21.4. The summed E-state index contributed by atoms with van der Waals surface area (Å²) in [6, 6.07) is 7.09. The second-order valence-corrected chi connectivity index (χ2v) is 13.2. The van der Waals surface area contributed by atoms with Gasteiger partial charge in [-0.05, 0) is 39.5 Å². The van der Waals surface area contributed by atoms with E-state index in [4.69, 9.17) is 19.8 Å². The number of aliphatic carboxylic acids is 2. The standard InChI is InChI=1S/C28H46N2O4.2C2H4O2.2BrH/c1-29(2,17-23-9-5-7-11-25(23)31)19-27(33)21-13-15-22(16-14-21)28(34)20-30(3,4)18-24-10-6-8-12-26(24)32;2*1-2(3)4;;/h13-16,23-26,31-32H,5-12,17-20H2,1-4H3;2*1H3,(H,3,4);2*1H/q+2;;;;/p-4. The van der Waals surface area contributed by atoms with E-state index < -0.39 is 11.9 Å². The van der Waals surface area contributed by atoms with Crippen molar-refractivity contribution in [3.63, 3.8) is 0 Å². The number of nitrogens with zero attached hydrogens (tertiary/aromatic N) is 2. The van der Waals surface area contributed by atoms with Gasteiger partial charge in [-0.1, -0.05) is 49.9 Å². The molecule has 0 bridgehead atoms. The first kappa shape index (κ1) is 44.4. The fraction of sp³-hybridized carbons (Fsp3) is 0.688. The Hall–Kier alpha value is -1.70. The number of ketones is 2. The minimum Gasteiger partial charge on any atom is -1.00 e. The molecule has 2 fully saturated rings. The fourth-order valence-corrected chi connectivity index (χ4v) is 6.00. The van der Waals surface area contributed by atoms with Crippen LogP contribution in [-0.4, -0.2) is 109 Å². The Morgan fingerprint density at radius 3 is 1.14 bits per heavy atom. The summed E-state index contributed by atoms with van der Waals surface area (Å²) in [6.45, 7) is 4.30. The van der Waals surface area contributed by atoms with Crippen LogP contribution in [0.25, 0.3) is 0 Å². The van der Waals surface area contributed by atoms with Crippen molar-refractivity contribution < 1.29 is 82.5 Å². The third kappa shape index (κ3) is 18.3. The molecule has 10 nitrogen and oxygen atoms in total. The van der Waals surface area contributed by atoms with Gasteiger partial charge in [0.1, 0.15) is 13.1 Å². The highest BCUT2D eigenvalue weighted by atomic mass is 79.9. The maximum absolute atomic E-state index is 13.0. The van der Waals surface area contributed by atoms with Gasteiger partial charge in [0.05, 0.1) is 53.5 Å². The Morgan fingerprint density at radius 2 is 0.886 bits per heavy atom. The monoisotopic (exact) mass is 750 g/mol. The molecule has 0 radical (unpaired) electrons. The molecule has 0 saturated heterocycles. The third-order valence-corrected chi connectivity index (χ3v) is 7.87. The van der Waals surface area contributed by atoms with E-state index in [1.165, 1.54) is 0 Å². The number of carbonyl (C=O) groups excluding carboxylic acids is 4. The lowest BCUT2D eigenvalue weighted by Crippen LogP contribution is -3.00. The molecule has 2 aliphatic rings. The first-order valence-corrected chi connectivity index (χ1v) is 14.9. The van der Waals surface area contributed by atoms with Crippen molar-refractivity contribution in [3.05, 3.63) is 35.4 Å². The van der Waals surface area contributed by atoms with Crippen LogP contribution in [0.4, 0.5) is 0 Å². The summed E-state index contributed by atoms with van der Waals surface area (Å²) in [5, 5.41) is 38.4. The number of likely N-dealkylation sites (N-methyl/N-ethyl adjacent to an activating group) is 2. The van der Waals surface area contributed by atoms with Gasteiger partial charge in [0.15, 0.2) is 0 Å². The van der Waals surface area contributed by atoms with Crippen LogP contribution in [0, 0.1) is 11.8 Å². The molecular formula is C32H52Br2N2O8-2. The van der Waals surface area contributed by atoms with Gasteiger partial charge in [-0.15, -0.1) is 0 Å². The van der Waals surface area contributed by atoms with E-state index in [9.17, 15) is 19.8 Å². The number of carboxylic acid groups (broad SMARTS) is 2. The van der Waals surface area contributed by atoms with E-state index >= 15 is 0 Å². The van der Waals surface area contributed by atoms with E-state index in [2.05, 4.69) is 28.2 Å². The van der Waals surface area contributed by atoms with E-state index in [1.807, 2.05) is 0 Å². The lowest BCUT2D eigenvalue weighted by molar-refractivity contribution is -0.886. The third-order valence-electron chi connectivity index (χ3n) is 7.87. The van der Waals surface area contributed by atoms with Crippen molar-refractivity contribution in [3.8, 4) is 0 Å². The number of rotatable bonds is 10. The number of carbonyl (C=O) groups is 4. The molecular weight excluding hydrogens is 700 g/mol. The Morgan fingerprint density at radius 1 is 0.636 bits per heavy atom. The van der Waals surface area contributed by atoms with Gasteiger partial charge in [0.25, 0.3) is 0 Å². The van der Waals surface area contributed by atoms with Crippen molar-refractivity contribution in [1.82, 2.24) is 0 Å². The molecule has 2 saturated carbocycles. The molecule has 1 aromatic rings. The highest BCUT2D eigenvalue weighted by molar-refractivity contribution is 6.00. The van der Waals surface area contributed by atoms with Gasteiger partial charge >= 0.3 is 0 Å². The van der Waals surface area contributed by atoms with Crippen LogP contribution in [0.15, 0.2) is 24.3 Å². The predicted molar refractivity (Wildman–Crippen MR) is 156 cm³/mol. The fourth-order valence-electron chi connectivity index (χ4n) is 6.00. The van der Waals surface area contributed by atoms with Crippen molar-refractivity contribution in [2.45, 2.75) is 77.4 Å². The van der Waals surface area contributed by atoms with Crippen molar-refractivity contribution in [2.24, 2.45) is 11.8 Å². The van der Waals surface area contributed by atoms with Crippen LogP contribution >= 0.6 is 0 Å². The summed E-state index contributed by atoms with van der Waals surface area (Å²) in [6.07, 6.45) is 7.78. The van der Waals surface area contributed by atoms with Crippen molar-refractivity contribution in [1.29, 1.82) is 0 Å². The molecule has 4 atom stereocenters. The minimum atomic E-state index is -1.08. The van der Waals surface area contributed by atoms with E-state index in [0.717, 1.165) is 78.3 Å². The number of benzene rings is 1. The molecule has 2 aliphatic carbocycles. The molecule has 1 aromatic carbocycles. The molecule has 44 heavy (non-hydrogen) atoms. The number of halogens is 2. The van der Waals surface area contributed by atoms with Crippen molar-refractivity contribution >= 4 is 23.5 Å². The number of aliphatic hydroxyl groups is 2. The SMILES string of the molecule is CC(=O)[O-].CC(=O)[O-].C[N+](C)(CC(=O)c1ccc(C(=O)C[N+](C)(C)CC2CCCCC2O)cc1)CC1CCCCC1O.[Br-].[Br-].